The van der Waals surface area contributed by atoms with Crippen molar-refractivity contribution < 1.29 is 4.79 Å². The van der Waals surface area contributed by atoms with Crippen molar-refractivity contribution in [3.05, 3.63) is 84.6 Å². The maximum absolute atomic E-state index is 10.8. The minimum atomic E-state index is 0.641. The Morgan fingerprint density at radius 3 is 2.22 bits per heavy atom. The number of rotatable bonds is 7. The second-order valence-corrected chi connectivity index (χ2v) is 3.59. The lowest BCUT2D eigenvalue weighted by Gasteiger charge is -2.00. The molecule has 0 spiro atoms. The molecule has 1 heteroatoms. The van der Waals surface area contributed by atoms with E-state index in [9.17, 15) is 4.79 Å². The molecule has 0 aliphatic heterocycles. The number of aldehydes is 1. The van der Waals surface area contributed by atoms with Gasteiger partial charge in [0.05, 0.1) is 0 Å². The van der Waals surface area contributed by atoms with Crippen LogP contribution in [0.1, 0.15) is 13.8 Å². The van der Waals surface area contributed by atoms with E-state index in [1.54, 1.807) is 24.3 Å². The molecule has 0 amide bonds. The lowest BCUT2D eigenvalue weighted by atomic mass is 10.1. The van der Waals surface area contributed by atoms with Gasteiger partial charge in [0.2, 0.25) is 0 Å². The second kappa shape index (κ2) is 10.0. The first-order valence-corrected chi connectivity index (χ1v) is 5.78. The summed E-state index contributed by atoms with van der Waals surface area (Å²) in [6, 6.07) is 0. The summed E-state index contributed by atoms with van der Waals surface area (Å²) in [5.41, 5.74) is 2.73. The minimum absolute atomic E-state index is 0.641. The van der Waals surface area contributed by atoms with Crippen molar-refractivity contribution in [3.63, 3.8) is 0 Å². The van der Waals surface area contributed by atoms with E-state index in [1.807, 2.05) is 44.2 Å². The molecule has 0 aliphatic rings. The second-order valence-electron chi connectivity index (χ2n) is 3.59. The molecular formula is C17H20O. The van der Waals surface area contributed by atoms with E-state index in [-0.39, 0.29) is 0 Å². The highest BCUT2D eigenvalue weighted by Crippen LogP contribution is 2.12. The summed E-state index contributed by atoms with van der Waals surface area (Å²) in [5, 5.41) is 0. The van der Waals surface area contributed by atoms with Gasteiger partial charge >= 0.3 is 0 Å². The zero-order chi connectivity index (χ0) is 13.8. The largest absolute Gasteiger partial charge is 0.298 e. The molecule has 0 aromatic rings. The monoisotopic (exact) mass is 240 g/mol. The highest BCUT2D eigenvalue weighted by molar-refractivity contribution is 5.78. The molecule has 0 aromatic carbocycles. The first kappa shape index (κ1) is 15.9. The summed E-state index contributed by atoms with van der Waals surface area (Å²) >= 11 is 0. The fraction of sp³-hybridized carbons (Fsp3) is 0.118. The molecule has 0 saturated heterocycles. The van der Waals surface area contributed by atoms with Crippen molar-refractivity contribution in [1.29, 1.82) is 0 Å². The van der Waals surface area contributed by atoms with Crippen LogP contribution in [0.4, 0.5) is 0 Å². The third kappa shape index (κ3) is 6.44. The number of carbonyl (C=O) groups excluding carboxylic acids is 1. The lowest BCUT2D eigenvalue weighted by molar-refractivity contribution is -0.104. The topological polar surface area (TPSA) is 17.1 Å². The normalized spacial score (nSPS) is 14.2. The van der Waals surface area contributed by atoms with E-state index in [1.165, 1.54) is 0 Å². The van der Waals surface area contributed by atoms with E-state index in [4.69, 9.17) is 0 Å². The van der Waals surface area contributed by atoms with Gasteiger partial charge in [-0.15, -0.1) is 0 Å². The van der Waals surface area contributed by atoms with Crippen molar-refractivity contribution in [2.24, 2.45) is 0 Å². The van der Waals surface area contributed by atoms with Crippen LogP contribution >= 0.6 is 0 Å². The molecule has 0 unspecified atom stereocenters. The zero-order valence-corrected chi connectivity index (χ0v) is 11.1. The van der Waals surface area contributed by atoms with Gasteiger partial charge in [-0.3, -0.25) is 4.79 Å². The van der Waals surface area contributed by atoms with Crippen LogP contribution in [0.25, 0.3) is 0 Å². The predicted molar refractivity (Wildman–Crippen MR) is 80.3 cm³/mol. The Bertz CT molecular complexity index is 440. The van der Waals surface area contributed by atoms with Crippen molar-refractivity contribution in [2.45, 2.75) is 13.8 Å². The van der Waals surface area contributed by atoms with Gasteiger partial charge in [-0.2, -0.15) is 0 Å². The summed E-state index contributed by atoms with van der Waals surface area (Å²) < 4.78 is 0. The highest BCUT2D eigenvalue weighted by Gasteiger charge is 1.93. The van der Waals surface area contributed by atoms with Gasteiger partial charge in [0.1, 0.15) is 6.29 Å². The van der Waals surface area contributed by atoms with Crippen LogP contribution < -0.4 is 0 Å². The molecule has 0 aromatic heterocycles. The van der Waals surface area contributed by atoms with E-state index < -0.39 is 0 Å². The Morgan fingerprint density at radius 2 is 1.72 bits per heavy atom. The van der Waals surface area contributed by atoms with E-state index in [2.05, 4.69) is 13.2 Å². The van der Waals surface area contributed by atoms with Gasteiger partial charge < -0.3 is 0 Å². The maximum atomic E-state index is 10.8. The average molecular weight is 240 g/mol. The summed E-state index contributed by atoms with van der Waals surface area (Å²) in [5.74, 6) is 0. The molecule has 18 heavy (non-hydrogen) atoms. The molecule has 0 bridgehead atoms. The van der Waals surface area contributed by atoms with Gasteiger partial charge in [-0.1, -0.05) is 67.8 Å². The predicted octanol–water partition coefficient (Wildman–Crippen LogP) is 4.49. The fourth-order valence-corrected chi connectivity index (χ4v) is 1.26. The molecule has 0 heterocycles. The molecule has 94 valence electrons. The van der Waals surface area contributed by atoms with Gasteiger partial charge in [0.25, 0.3) is 0 Å². The average Bonchev–Trinajstić information content (AvgIpc) is 2.39. The molecule has 0 atom stereocenters. The van der Waals surface area contributed by atoms with Gasteiger partial charge in [-0.25, -0.2) is 0 Å². The number of hydrogen-bond donors (Lipinski definition) is 0. The third-order valence-corrected chi connectivity index (χ3v) is 2.19. The van der Waals surface area contributed by atoms with Crippen molar-refractivity contribution in [3.8, 4) is 0 Å². The Kier molecular flexibility index (Phi) is 8.83. The Labute approximate surface area is 110 Å². The molecule has 1 nitrogen and oxygen atoms in total. The quantitative estimate of drug-likeness (QED) is 0.364. The summed E-state index contributed by atoms with van der Waals surface area (Å²) in [4.78, 5) is 10.8. The molecule has 0 rings (SSSR count). The van der Waals surface area contributed by atoms with Crippen LogP contribution in [0.2, 0.25) is 0 Å². The maximum Gasteiger partial charge on any atom is 0.150 e. The van der Waals surface area contributed by atoms with Crippen LogP contribution in [-0.2, 0) is 4.79 Å². The van der Waals surface area contributed by atoms with Crippen LogP contribution in [-0.4, -0.2) is 6.29 Å². The Balaban J connectivity index is 5.19. The summed E-state index contributed by atoms with van der Waals surface area (Å²) in [7, 11) is 0. The van der Waals surface area contributed by atoms with Gasteiger partial charge in [0.15, 0.2) is 0 Å². The van der Waals surface area contributed by atoms with Crippen LogP contribution in [0.5, 0.6) is 0 Å². The smallest absolute Gasteiger partial charge is 0.150 e. The Morgan fingerprint density at radius 1 is 1.00 bits per heavy atom. The molecule has 0 radical (unpaired) electrons. The fourth-order valence-electron chi connectivity index (χ4n) is 1.26. The summed E-state index contributed by atoms with van der Waals surface area (Å²) in [6.45, 7) is 11.2. The van der Waals surface area contributed by atoms with Crippen LogP contribution in [0.15, 0.2) is 84.6 Å². The first-order valence-electron chi connectivity index (χ1n) is 5.78. The summed E-state index contributed by atoms with van der Waals surface area (Å²) in [6.07, 6.45) is 17.3. The van der Waals surface area contributed by atoms with E-state index >= 15 is 0 Å². The van der Waals surface area contributed by atoms with Crippen LogP contribution in [0.3, 0.4) is 0 Å². The lowest BCUT2D eigenvalue weighted by Crippen LogP contribution is -1.82. The van der Waals surface area contributed by atoms with E-state index in [0.717, 1.165) is 17.4 Å². The molecular weight excluding hydrogens is 220 g/mol. The zero-order valence-electron chi connectivity index (χ0n) is 11.1. The number of hydrogen-bond acceptors (Lipinski definition) is 1. The molecule has 0 fully saturated rings. The highest BCUT2D eigenvalue weighted by atomic mass is 16.1. The third-order valence-electron chi connectivity index (χ3n) is 2.19. The molecule has 0 N–H and O–H groups in total. The number of carbonyl (C=O) groups is 1. The van der Waals surface area contributed by atoms with Crippen molar-refractivity contribution in [2.75, 3.05) is 0 Å². The van der Waals surface area contributed by atoms with Crippen molar-refractivity contribution in [1.82, 2.24) is 0 Å². The number of allylic oxidation sites excluding steroid dienone is 12. The molecule has 0 saturated carbocycles. The SMILES string of the molecule is C=C\C=C/C(=C\C=C)C(/C)=C/C=C(C=O)\C=C/C. The first-order chi connectivity index (χ1) is 8.69. The minimum Gasteiger partial charge on any atom is -0.298 e. The van der Waals surface area contributed by atoms with E-state index in [0.29, 0.717) is 5.57 Å². The Hall–Kier alpha value is -2.15. The van der Waals surface area contributed by atoms with Gasteiger partial charge in [-0.05, 0) is 25.0 Å². The van der Waals surface area contributed by atoms with Crippen LogP contribution in [0, 0.1) is 0 Å². The van der Waals surface area contributed by atoms with Crippen molar-refractivity contribution >= 4 is 6.29 Å². The van der Waals surface area contributed by atoms with Gasteiger partial charge in [0, 0.05) is 5.57 Å². The standard InChI is InChI=1S/C17H20O/c1-5-8-11-17(10-7-3)15(4)12-13-16(14-18)9-6-2/h5-14H,1,3H2,2,4H3/b9-6-,11-8-,15-12+,16-13+,17-10+. The molecule has 0 aliphatic carbocycles.